The van der Waals surface area contributed by atoms with Gasteiger partial charge in [0, 0.05) is 12.1 Å². The number of hydrogen-bond donors (Lipinski definition) is 2. The lowest BCUT2D eigenvalue weighted by molar-refractivity contribution is -0.160. The van der Waals surface area contributed by atoms with Crippen LogP contribution in [-0.2, 0) is 27.5 Å². The van der Waals surface area contributed by atoms with Crippen molar-refractivity contribution >= 4 is 38.9 Å². The number of amides is 3. The Morgan fingerprint density at radius 3 is 1.81 bits per heavy atom. The largest absolute Gasteiger partial charge is 0.444 e. The number of nitrogens with one attached hydrogen (secondary N) is 2. The Morgan fingerprint density at radius 1 is 0.851 bits per heavy atom. The molecule has 0 bridgehead atoms. The Morgan fingerprint density at radius 2 is 1.34 bits per heavy atom. The molecule has 47 heavy (non-hydrogen) atoms. The van der Waals surface area contributed by atoms with Gasteiger partial charge in [-0.15, -0.1) is 0 Å². The zero-order valence-electron chi connectivity index (χ0n) is 27.9. The fraction of sp³-hybridized carbons (Fsp3) is 0.351. The summed E-state index contributed by atoms with van der Waals surface area (Å²) in [6, 6.07) is 28.6. The van der Waals surface area contributed by atoms with Gasteiger partial charge < -0.3 is 14.4 Å². The molecule has 0 spiro atoms. The lowest BCUT2D eigenvalue weighted by Gasteiger charge is -2.62. The first-order chi connectivity index (χ1) is 22.5. The topological polar surface area (TPSA) is 109 Å². The number of alkyl carbamates (subject to hydrolysis) is 2. The lowest BCUT2D eigenvalue weighted by atomic mass is 9.78. The van der Waals surface area contributed by atoms with E-state index in [9.17, 15) is 14.4 Å². The van der Waals surface area contributed by atoms with Gasteiger partial charge >= 0.3 is 12.2 Å². The zero-order valence-corrected chi connectivity index (χ0v) is 28.9. The van der Waals surface area contributed by atoms with Gasteiger partial charge in [0.2, 0.25) is 11.9 Å². The van der Waals surface area contributed by atoms with Gasteiger partial charge in [-0.05, 0) is 50.3 Å². The third-order valence-corrected chi connectivity index (χ3v) is 10.7. The van der Waals surface area contributed by atoms with Crippen LogP contribution in [0.15, 0.2) is 102 Å². The minimum absolute atomic E-state index is 0.0558. The second kappa shape index (κ2) is 16.2. The second-order valence-corrected chi connectivity index (χ2v) is 15.6. The summed E-state index contributed by atoms with van der Waals surface area (Å²) >= 11 is 0. The van der Waals surface area contributed by atoms with Gasteiger partial charge in [0.1, 0.15) is 13.2 Å². The Bertz CT molecular complexity index is 1480. The summed E-state index contributed by atoms with van der Waals surface area (Å²) in [5.41, 5.74) is 2.40. The molecule has 9 nitrogen and oxygen atoms in total. The van der Waals surface area contributed by atoms with E-state index in [2.05, 4.69) is 73.8 Å². The van der Waals surface area contributed by atoms with Crippen LogP contribution in [0.25, 0.3) is 6.08 Å². The molecule has 3 amide bonds. The zero-order chi connectivity index (χ0) is 33.9. The minimum atomic E-state index is -1.10. The van der Waals surface area contributed by atoms with E-state index in [0.29, 0.717) is 12.8 Å². The summed E-state index contributed by atoms with van der Waals surface area (Å²) in [4.78, 5) is 45.8. The molecule has 1 aliphatic rings. The highest BCUT2D eigenvalue weighted by Crippen LogP contribution is 2.55. The molecule has 1 radical (unpaired) electrons. The molecule has 0 saturated carbocycles. The Kier molecular flexibility index (Phi) is 12.1. The number of carbonyl (C=O) groups is 3. The average Bonchev–Trinajstić information content (AvgIpc) is 3.05. The number of hydrogen-bond acceptors (Lipinski definition) is 6. The standard InChI is InChI=1S/C37H45N4O5Si/c1-36(2,3)41-31(23-22-28-16-9-6-10-17-28)37(32(41)42,47(4)5)24-15-25-38-33(39-34(43)45-26-29-18-11-7-12-19-29)40-35(44)46-27-30-20-13-8-14-21-30/h6-14,16-23,31H,15,24-27H2,1-5H3,(H2,38,39,40,43,44). The maximum absolute atomic E-state index is 13.9. The van der Waals surface area contributed by atoms with E-state index < -0.39 is 26.0 Å². The van der Waals surface area contributed by atoms with Gasteiger partial charge in [-0.3, -0.25) is 20.4 Å². The summed E-state index contributed by atoms with van der Waals surface area (Å²) in [6.07, 6.45) is 3.93. The van der Waals surface area contributed by atoms with Crippen molar-refractivity contribution < 1.29 is 23.9 Å². The highest BCUT2D eigenvalue weighted by Gasteiger charge is 2.63. The van der Waals surface area contributed by atoms with Gasteiger partial charge in [-0.1, -0.05) is 116 Å². The summed E-state index contributed by atoms with van der Waals surface area (Å²) in [7, 11) is -1.10. The van der Waals surface area contributed by atoms with Crippen molar-refractivity contribution in [2.45, 2.75) is 76.5 Å². The molecule has 247 valence electrons. The number of β-lactam (4-membered cyclic amide) rings is 1. The van der Waals surface area contributed by atoms with Crippen molar-refractivity contribution in [3.8, 4) is 0 Å². The van der Waals surface area contributed by atoms with Crippen molar-refractivity contribution in [1.29, 1.82) is 0 Å². The van der Waals surface area contributed by atoms with E-state index in [0.717, 1.165) is 16.7 Å². The van der Waals surface area contributed by atoms with Crippen LogP contribution in [0.2, 0.25) is 18.1 Å². The number of benzene rings is 3. The number of nitrogens with zero attached hydrogens (tertiary/aromatic N) is 2. The summed E-state index contributed by atoms with van der Waals surface area (Å²) in [6.45, 7) is 11.0. The van der Waals surface area contributed by atoms with Crippen molar-refractivity contribution in [2.75, 3.05) is 6.54 Å². The third-order valence-electron chi connectivity index (χ3n) is 8.13. The number of likely N-dealkylation sites (tertiary alicyclic amines) is 1. The molecule has 4 rings (SSSR count). The molecular formula is C37H45N4O5Si. The first-order valence-corrected chi connectivity index (χ1v) is 18.4. The van der Waals surface area contributed by atoms with Crippen molar-refractivity contribution in [3.63, 3.8) is 0 Å². The van der Waals surface area contributed by atoms with Crippen molar-refractivity contribution in [1.82, 2.24) is 15.5 Å². The van der Waals surface area contributed by atoms with E-state index in [1.165, 1.54) is 0 Å². The van der Waals surface area contributed by atoms with E-state index >= 15 is 0 Å². The average molecular weight is 654 g/mol. The normalized spacial score (nSPS) is 17.6. The fourth-order valence-corrected chi connectivity index (χ4v) is 7.79. The second-order valence-electron chi connectivity index (χ2n) is 12.7. The van der Waals surface area contributed by atoms with Crippen LogP contribution in [0.5, 0.6) is 0 Å². The van der Waals surface area contributed by atoms with Crippen LogP contribution in [0.1, 0.15) is 50.3 Å². The third kappa shape index (κ3) is 9.42. The fourth-order valence-electron chi connectivity index (χ4n) is 5.75. The van der Waals surface area contributed by atoms with E-state index in [4.69, 9.17) is 9.47 Å². The molecule has 0 aliphatic carbocycles. The first-order valence-electron chi connectivity index (χ1n) is 15.9. The molecule has 1 heterocycles. The Labute approximate surface area is 279 Å². The molecule has 1 saturated heterocycles. The molecule has 2 atom stereocenters. The van der Waals surface area contributed by atoms with Gasteiger partial charge in [0.05, 0.1) is 19.9 Å². The van der Waals surface area contributed by atoms with Gasteiger partial charge in [0.15, 0.2) is 0 Å². The van der Waals surface area contributed by atoms with E-state index in [-0.39, 0.29) is 43.2 Å². The molecular weight excluding hydrogens is 609 g/mol. The highest BCUT2D eigenvalue weighted by molar-refractivity contribution is 6.65. The molecule has 1 aliphatic heterocycles. The predicted molar refractivity (Wildman–Crippen MR) is 187 cm³/mol. The van der Waals surface area contributed by atoms with Crippen molar-refractivity contribution in [3.05, 3.63) is 114 Å². The van der Waals surface area contributed by atoms with E-state index in [1.807, 2.05) is 83.8 Å². The van der Waals surface area contributed by atoms with Crippen LogP contribution in [0, 0.1) is 0 Å². The molecule has 2 unspecified atom stereocenters. The number of aliphatic imine (C=N–C) groups is 1. The van der Waals surface area contributed by atoms with Crippen LogP contribution in [0.3, 0.4) is 0 Å². The molecule has 10 heteroatoms. The molecule has 0 aromatic heterocycles. The molecule has 3 aromatic carbocycles. The summed E-state index contributed by atoms with van der Waals surface area (Å²) < 4.78 is 10.7. The lowest BCUT2D eigenvalue weighted by Crippen LogP contribution is -2.72. The molecule has 2 N–H and O–H groups in total. The maximum atomic E-state index is 13.9. The number of carbonyl (C=O) groups excluding carboxylic acids is 3. The quantitative estimate of drug-likeness (QED) is 0.0749. The highest BCUT2D eigenvalue weighted by atomic mass is 28.3. The predicted octanol–water partition coefficient (Wildman–Crippen LogP) is 7.19. The van der Waals surface area contributed by atoms with Gasteiger partial charge in [-0.25, -0.2) is 9.59 Å². The van der Waals surface area contributed by atoms with Gasteiger partial charge in [-0.2, -0.15) is 0 Å². The van der Waals surface area contributed by atoms with E-state index in [1.54, 1.807) is 0 Å². The monoisotopic (exact) mass is 653 g/mol. The molecule has 3 aromatic rings. The Hall–Kier alpha value is -4.70. The van der Waals surface area contributed by atoms with Crippen molar-refractivity contribution in [2.24, 2.45) is 4.99 Å². The minimum Gasteiger partial charge on any atom is -0.444 e. The van der Waals surface area contributed by atoms with Crippen LogP contribution >= 0.6 is 0 Å². The maximum Gasteiger partial charge on any atom is 0.414 e. The van der Waals surface area contributed by atoms with Gasteiger partial charge in [0.25, 0.3) is 0 Å². The van der Waals surface area contributed by atoms with Crippen LogP contribution < -0.4 is 10.6 Å². The first kappa shape index (κ1) is 35.2. The van der Waals surface area contributed by atoms with Crippen LogP contribution in [0.4, 0.5) is 9.59 Å². The summed E-state index contributed by atoms with van der Waals surface area (Å²) in [5, 5.41) is 4.58. The van der Waals surface area contributed by atoms with Crippen LogP contribution in [-0.4, -0.2) is 55.9 Å². The number of rotatable bonds is 11. The Balaban J connectivity index is 1.46. The SMILES string of the molecule is C[Si](C)C1(CCCN=C(NC(=O)OCc2ccccc2)NC(=O)OCc2ccccc2)C(=O)N(C(C)(C)C)C1C=Cc1ccccc1. The number of guanidine groups is 1. The molecule has 1 fully saturated rings. The smallest absolute Gasteiger partial charge is 0.414 e. The summed E-state index contributed by atoms with van der Waals surface area (Å²) in [5.74, 6) is 0.0894. The number of ether oxygens (including phenoxy) is 2.